The first-order valence-electron chi connectivity index (χ1n) is 7.46. The minimum atomic E-state index is -1.19. The maximum atomic E-state index is 12.1. The number of benzene rings is 1. The van der Waals surface area contributed by atoms with Crippen LogP contribution in [-0.4, -0.2) is 57.6 Å². The van der Waals surface area contributed by atoms with E-state index in [0.717, 1.165) is 9.91 Å². The van der Waals surface area contributed by atoms with Crippen LogP contribution in [0.2, 0.25) is 0 Å². The fourth-order valence-electron chi connectivity index (χ4n) is 2.53. The molecule has 2 rings (SSSR count). The number of rotatable bonds is 7. The van der Waals surface area contributed by atoms with E-state index < -0.39 is 30.6 Å². The third-order valence-electron chi connectivity index (χ3n) is 3.75. The molecule has 0 radical (unpaired) electrons. The molecule has 1 aliphatic heterocycles. The van der Waals surface area contributed by atoms with Crippen LogP contribution in [0.4, 0.5) is 0 Å². The summed E-state index contributed by atoms with van der Waals surface area (Å²) in [5.41, 5.74) is 0.496. The molecule has 2 amide bonds. The Morgan fingerprint density at radius 2 is 1.84 bits per heavy atom. The third kappa shape index (κ3) is 3.52. The van der Waals surface area contributed by atoms with Crippen molar-refractivity contribution in [2.24, 2.45) is 11.2 Å². The van der Waals surface area contributed by atoms with E-state index in [2.05, 4.69) is 5.28 Å². The van der Waals surface area contributed by atoms with Crippen molar-refractivity contribution in [3.63, 3.8) is 0 Å². The fraction of sp³-hybridized carbons (Fsp3) is 0.400. The van der Waals surface area contributed by atoms with E-state index in [0.29, 0.717) is 0 Å². The van der Waals surface area contributed by atoms with Crippen LogP contribution in [0.15, 0.2) is 29.5 Å². The van der Waals surface area contributed by atoms with Crippen molar-refractivity contribution >= 4 is 17.8 Å². The summed E-state index contributed by atoms with van der Waals surface area (Å²) < 4.78 is 0. The van der Waals surface area contributed by atoms with Crippen LogP contribution in [0.5, 0.6) is 0 Å². The summed E-state index contributed by atoms with van der Waals surface area (Å²) in [4.78, 5) is 41.0. The van der Waals surface area contributed by atoms with Gasteiger partial charge in [0.1, 0.15) is 0 Å². The molecule has 0 unspecified atom stereocenters. The molecule has 25 heavy (non-hydrogen) atoms. The van der Waals surface area contributed by atoms with Gasteiger partial charge in [-0.15, -0.1) is 5.01 Å². The molecule has 10 heteroatoms. The van der Waals surface area contributed by atoms with E-state index in [1.165, 1.54) is 19.2 Å². The summed E-state index contributed by atoms with van der Waals surface area (Å²) in [6, 6.07) is 5.18. The molecule has 10 nitrogen and oxygen atoms in total. The van der Waals surface area contributed by atoms with Crippen molar-refractivity contribution in [3.05, 3.63) is 40.6 Å². The number of imide groups is 1. The lowest BCUT2D eigenvalue weighted by Crippen LogP contribution is -2.45. The maximum absolute atomic E-state index is 12.1. The molecule has 1 heterocycles. The second-order valence-corrected chi connectivity index (χ2v) is 5.78. The molecule has 1 aromatic rings. The number of hydrogen-bond acceptors (Lipinski definition) is 6. The molecule has 0 saturated heterocycles. The molecule has 1 N–H and O–H groups in total. The molecule has 134 valence electrons. The number of carboxylic acid groups (broad SMARTS) is 1. The van der Waals surface area contributed by atoms with Gasteiger partial charge in [0, 0.05) is 0 Å². The van der Waals surface area contributed by atoms with E-state index in [1.54, 1.807) is 26.0 Å². The molecule has 1 atom stereocenters. The van der Waals surface area contributed by atoms with Gasteiger partial charge in [-0.05, 0) is 18.1 Å². The molecular weight excluding hydrogens is 332 g/mol. The van der Waals surface area contributed by atoms with Crippen LogP contribution >= 0.6 is 0 Å². The Balaban J connectivity index is 2.02. The van der Waals surface area contributed by atoms with Crippen molar-refractivity contribution < 1.29 is 29.3 Å². The molecule has 1 aliphatic rings. The first kappa shape index (κ1) is 18.2. The second-order valence-electron chi connectivity index (χ2n) is 5.78. The van der Waals surface area contributed by atoms with Gasteiger partial charge < -0.3 is 15.2 Å². The molecular formula is C15H18N4O6. The highest BCUT2D eigenvalue weighted by molar-refractivity contribution is 6.21. The third-order valence-corrected chi connectivity index (χ3v) is 3.75. The van der Waals surface area contributed by atoms with E-state index in [9.17, 15) is 19.6 Å². The Labute approximate surface area is 143 Å². The average Bonchev–Trinajstić information content (AvgIpc) is 2.79. The van der Waals surface area contributed by atoms with Crippen LogP contribution in [0.1, 0.15) is 34.6 Å². The van der Waals surface area contributed by atoms with Crippen LogP contribution in [0, 0.1) is 11.1 Å². The average molecular weight is 350 g/mol. The molecule has 0 spiro atoms. The molecule has 0 saturated carbocycles. The lowest BCUT2D eigenvalue weighted by Gasteiger charge is -2.23. The predicted octanol–water partition coefficient (Wildman–Crippen LogP) is 1.09. The van der Waals surface area contributed by atoms with Crippen molar-refractivity contribution in [1.82, 2.24) is 9.91 Å². The Morgan fingerprint density at radius 3 is 2.28 bits per heavy atom. The van der Waals surface area contributed by atoms with Crippen LogP contribution in [0.25, 0.3) is 0 Å². The van der Waals surface area contributed by atoms with Gasteiger partial charge in [0.05, 0.1) is 23.1 Å². The van der Waals surface area contributed by atoms with Gasteiger partial charge in [-0.25, -0.2) is 9.69 Å². The van der Waals surface area contributed by atoms with Crippen molar-refractivity contribution in [1.29, 1.82) is 0 Å². The second kappa shape index (κ2) is 7.16. The first-order chi connectivity index (χ1) is 11.8. The van der Waals surface area contributed by atoms with E-state index in [-0.39, 0.29) is 22.0 Å². The summed E-state index contributed by atoms with van der Waals surface area (Å²) >= 11 is 0. The number of carbonyl (C=O) groups excluding carboxylic acids is 2. The Bertz CT molecular complexity index is 697. The number of carboxylic acids is 1. The smallest absolute Gasteiger partial charge is 0.332 e. The SMILES string of the molecule is CC(C)[C@@H](C(=O)O)N(C)[N+]([O-])=NOCN1C(=O)c2ccccc2C1=O. The minimum Gasteiger partial charge on any atom is -0.569 e. The van der Waals surface area contributed by atoms with Crippen molar-refractivity contribution in [2.75, 3.05) is 13.8 Å². The summed E-state index contributed by atoms with van der Waals surface area (Å²) in [6.45, 7) is 2.73. The Kier molecular flexibility index (Phi) is 5.20. The standard InChI is InChI=1S/C15H18N4O6/c1-9(2)12(15(22)23)17(3)19(24)16-25-8-18-13(20)10-6-4-5-7-11(10)14(18)21/h4-7,9,12H,8H2,1-3H3,(H,22,23)/t12-/m0/s1. The normalized spacial score (nSPS) is 15.4. The minimum absolute atomic E-state index is 0.0308. The zero-order chi connectivity index (χ0) is 18.7. The number of amides is 2. The largest absolute Gasteiger partial charge is 0.569 e. The van der Waals surface area contributed by atoms with E-state index in [4.69, 9.17) is 9.94 Å². The number of fused-ring (bicyclic) bond motifs is 1. The topological polar surface area (TPSA) is 126 Å². The number of carbonyl (C=O) groups is 3. The van der Waals surface area contributed by atoms with Crippen LogP contribution < -0.4 is 0 Å². The van der Waals surface area contributed by atoms with Crippen molar-refractivity contribution in [3.8, 4) is 0 Å². The molecule has 0 bridgehead atoms. The predicted molar refractivity (Wildman–Crippen MR) is 83.0 cm³/mol. The number of aliphatic carboxylic acids is 1. The number of hydrogen-bond donors (Lipinski definition) is 1. The highest BCUT2D eigenvalue weighted by Gasteiger charge is 2.36. The summed E-state index contributed by atoms with van der Waals surface area (Å²) in [7, 11) is 1.25. The number of nitrogens with zero attached hydrogens (tertiary/aromatic N) is 4. The number of likely N-dealkylation sites (N-methyl/N-ethyl adjacent to an activating group) is 1. The van der Waals surface area contributed by atoms with Crippen LogP contribution in [-0.2, 0) is 9.63 Å². The fourth-order valence-corrected chi connectivity index (χ4v) is 2.53. The van der Waals surface area contributed by atoms with Gasteiger partial charge >= 0.3 is 5.97 Å². The van der Waals surface area contributed by atoms with E-state index >= 15 is 0 Å². The lowest BCUT2D eigenvalue weighted by atomic mass is 10.1. The van der Waals surface area contributed by atoms with E-state index in [1.807, 2.05) is 0 Å². The summed E-state index contributed by atoms with van der Waals surface area (Å²) in [5.74, 6) is -2.64. The van der Waals surface area contributed by atoms with Gasteiger partial charge in [-0.3, -0.25) is 9.59 Å². The van der Waals surface area contributed by atoms with Gasteiger partial charge in [0.25, 0.3) is 11.8 Å². The van der Waals surface area contributed by atoms with Crippen molar-refractivity contribution in [2.45, 2.75) is 19.9 Å². The summed E-state index contributed by atoms with van der Waals surface area (Å²) in [6.07, 6.45) is 0. The summed E-state index contributed by atoms with van der Waals surface area (Å²) in [5, 5.41) is 25.0. The van der Waals surface area contributed by atoms with Gasteiger partial charge in [0.15, 0.2) is 6.04 Å². The number of hydrazine groups is 1. The molecule has 0 aromatic heterocycles. The quantitative estimate of drug-likeness (QED) is 0.337. The van der Waals surface area contributed by atoms with Crippen LogP contribution in [0.3, 0.4) is 0 Å². The van der Waals surface area contributed by atoms with Gasteiger partial charge in [-0.2, -0.15) is 0 Å². The maximum Gasteiger partial charge on any atom is 0.332 e. The highest BCUT2D eigenvalue weighted by atomic mass is 16.7. The lowest BCUT2D eigenvalue weighted by molar-refractivity contribution is -0.711. The molecule has 1 aromatic carbocycles. The zero-order valence-corrected chi connectivity index (χ0v) is 13.9. The zero-order valence-electron chi connectivity index (χ0n) is 13.9. The monoisotopic (exact) mass is 350 g/mol. The Hall–Kier alpha value is -3.17. The first-order valence-corrected chi connectivity index (χ1v) is 7.46. The highest BCUT2D eigenvalue weighted by Crippen LogP contribution is 2.22. The van der Waals surface area contributed by atoms with Gasteiger partial charge in [0.2, 0.25) is 12.0 Å². The van der Waals surface area contributed by atoms with Gasteiger partial charge in [-0.1, -0.05) is 26.0 Å². The molecule has 0 aliphatic carbocycles. The Morgan fingerprint density at radius 1 is 1.32 bits per heavy atom. The molecule has 0 fully saturated rings.